The molecular weight excluding hydrogens is 166 g/mol. The highest BCUT2D eigenvalue weighted by atomic mass is 16.6. The molecule has 1 rings (SSSR count). The van der Waals surface area contributed by atoms with E-state index in [-0.39, 0.29) is 0 Å². The van der Waals surface area contributed by atoms with E-state index in [4.69, 9.17) is 21.1 Å². The van der Waals surface area contributed by atoms with Gasteiger partial charge in [-0.15, -0.1) is 0 Å². The fourth-order valence-electron chi connectivity index (χ4n) is 1.01. The van der Waals surface area contributed by atoms with Crippen LogP contribution in [0.15, 0.2) is 0 Å². The van der Waals surface area contributed by atoms with Crippen molar-refractivity contribution in [1.82, 2.24) is 0 Å². The van der Waals surface area contributed by atoms with Gasteiger partial charge in [0.25, 0.3) is 0 Å². The topological polar surface area (TPSA) is 113 Å². The van der Waals surface area contributed by atoms with E-state index in [1.807, 2.05) is 0 Å². The summed E-state index contributed by atoms with van der Waals surface area (Å²) in [5, 5.41) is 26.9. The standard InChI is InChI=1S/C6H11NO5/c7-3-5(10)4(9)2(1-8)12-6(3)11/h2-5,8-10H,1,7H2. The summed E-state index contributed by atoms with van der Waals surface area (Å²) >= 11 is 0. The molecule has 6 heteroatoms. The number of hydrogen-bond donors (Lipinski definition) is 4. The molecule has 1 aliphatic heterocycles. The second-order valence-electron chi connectivity index (χ2n) is 2.66. The molecule has 12 heavy (non-hydrogen) atoms. The number of aliphatic hydroxyl groups excluding tert-OH is 3. The Bertz CT molecular complexity index is 183. The van der Waals surface area contributed by atoms with Crippen LogP contribution in [-0.2, 0) is 9.53 Å². The van der Waals surface area contributed by atoms with Crippen molar-refractivity contribution in [2.24, 2.45) is 5.73 Å². The summed E-state index contributed by atoms with van der Waals surface area (Å²) in [7, 11) is 0. The molecule has 5 N–H and O–H groups in total. The van der Waals surface area contributed by atoms with Gasteiger partial charge in [-0.3, -0.25) is 4.79 Å². The second kappa shape index (κ2) is 3.36. The van der Waals surface area contributed by atoms with E-state index in [9.17, 15) is 4.79 Å². The maximum Gasteiger partial charge on any atom is 0.326 e. The zero-order chi connectivity index (χ0) is 9.30. The summed E-state index contributed by atoms with van der Waals surface area (Å²) in [6, 6.07) is -1.23. The van der Waals surface area contributed by atoms with Gasteiger partial charge in [-0.25, -0.2) is 0 Å². The van der Waals surface area contributed by atoms with Gasteiger partial charge in [0, 0.05) is 0 Å². The minimum absolute atomic E-state index is 0.531. The number of carbonyl (C=O) groups excluding carboxylic acids is 1. The molecule has 4 unspecified atom stereocenters. The quantitative estimate of drug-likeness (QED) is 0.316. The molecule has 1 saturated heterocycles. The van der Waals surface area contributed by atoms with Gasteiger partial charge < -0.3 is 25.8 Å². The SMILES string of the molecule is NC1C(=O)OC(CO)C(O)C1O. The molecule has 1 heterocycles. The van der Waals surface area contributed by atoms with Crippen LogP contribution in [0.4, 0.5) is 0 Å². The first-order valence-corrected chi connectivity index (χ1v) is 3.51. The van der Waals surface area contributed by atoms with Crippen molar-refractivity contribution >= 4 is 5.97 Å². The number of aliphatic hydroxyl groups is 3. The van der Waals surface area contributed by atoms with Gasteiger partial charge in [-0.2, -0.15) is 0 Å². The molecule has 1 fully saturated rings. The monoisotopic (exact) mass is 177 g/mol. The van der Waals surface area contributed by atoms with E-state index in [0.29, 0.717) is 0 Å². The van der Waals surface area contributed by atoms with Gasteiger partial charge in [0.15, 0.2) is 6.10 Å². The molecule has 70 valence electrons. The van der Waals surface area contributed by atoms with Crippen molar-refractivity contribution in [3.8, 4) is 0 Å². The number of carbonyl (C=O) groups is 1. The Balaban J connectivity index is 2.70. The van der Waals surface area contributed by atoms with Gasteiger partial charge in [0.1, 0.15) is 18.2 Å². The van der Waals surface area contributed by atoms with Crippen molar-refractivity contribution in [3.63, 3.8) is 0 Å². The molecule has 0 aromatic rings. The zero-order valence-corrected chi connectivity index (χ0v) is 6.25. The minimum Gasteiger partial charge on any atom is -0.456 e. The lowest BCUT2D eigenvalue weighted by Gasteiger charge is -2.33. The van der Waals surface area contributed by atoms with Gasteiger partial charge in [0.05, 0.1) is 6.61 Å². The van der Waals surface area contributed by atoms with E-state index >= 15 is 0 Å². The summed E-state index contributed by atoms with van der Waals surface area (Å²) in [4.78, 5) is 10.8. The van der Waals surface area contributed by atoms with Crippen LogP contribution < -0.4 is 5.73 Å². The molecule has 0 radical (unpaired) electrons. The lowest BCUT2D eigenvalue weighted by atomic mass is 9.99. The maximum atomic E-state index is 10.8. The van der Waals surface area contributed by atoms with Crippen LogP contribution in [0.25, 0.3) is 0 Å². The Labute approximate surface area is 68.6 Å². The van der Waals surface area contributed by atoms with Crippen LogP contribution in [0.1, 0.15) is 0 Å². The van der Waals surface area contributed by atoms with Crippen molar-refractivity contribution in [3.05, 3.63) is 0 Å². The Morgan fingerprint density at radius 2 is 2.00 bits per heavy atom. The molecule has 0 aromatic heterocycles. The molecule has 0 bridgehead atoms. The Morgan fingerprint density at radius 1 is 1.42 bits per heavy atom. The molecule has 0 amide bonds. The number of hydrogen-bond acceptors (Lipinski definition) is 6. The van der Waals surface area contributed by atoms with Crippen LogP contribution in [0.5, 0.6) is 0 Å². The third kappa shape index (κ3) is 1.42. The summed E-state index contributed by atoms with van der Waals surface area (Å²) in [6.45, 7) is -0.531. The maximum absolute atomic E-state index is 10.8. The summed E-state index contributed by atoms with van der Waals surface area (Å²) in [5.74, 6) is -0.813. The minimum atomic E-state index is -1.37. The lowest BCUT2D eigenvalue weighted by molar-refractivity contribution is -0.186. The number of ether oxygens (including phenoxy) is 1. The Hall–Kier alpha value is -0.690. The summed E-state index contributed by atoms with van der Waals surface area (Å²) < 4.78 is 4.51. The Kier molecular flexibility index (Phi) is 2.63. The predicted octanol–water partition coefficient (Wildman–Crippen LogP) is -3.05. The van der Waals surface area contributed by atoms with Gasteiger partial charge >= 0.3 is 5.97 Å². The fraction of sp³-hybridized carbons (Fsp3) is 0.833. The van der Waals surface area contributed by atoms with Crippen LogP contribution in [0.2, 0.25) is 0 Å². The van der Waals surface area contributed by atoms with E-state index in [0.717, 1.165) is 0 Å². The zero-order valence-electron chi connectivity index (χ0n) is 6.25. The molecule has 0 spiro atoms. The highest BCUT2D eigenvalue weighted by molar-refractivity contribution is 5.77. The van der Waals surface area contributed by atoms with Gasteiger partial charge in [0.2, 0.25) is 0 Å². The van der Waals surface area contributed by atoms with E-state index in [2.05, 4.69) is 4.74 Å². The fourth-order valence-corrected chi connectivity index (χ4v) is 1.01. The first-order chi connectivity index (χ1) is 5.57. The number of cyclic esters (lactones) is 1. The summed E-state index contributed by atoms with van der Waals surface area (Å²) in [5.41, 5.74) is 5.16. The van der Waals surface area contributed by atoms with Gasteiger partial charge in [-0.1, -0.05) is 0 Å². The van der Waals surface area contributed by atoms with Crippen LogP contribution in [0, 0.1) is 0 Å². The van der Waals surface area contributed by atoms with Crippen LogP contribution in [0.3, 0.4) is 0 Å². The normalized spacial score (nSPS) is 42.5. The molecule has 6 nitrogen and oxygen atoms in total. The smallest absolute Gasteiger partial charge is 0.326 e. The molecule has 4 atom stereocenters. The van der Waals surface area contributed by atoms with E-state index < -0.39 is 36.9 Å². The largest absolute Gasteiger partial charge is 0.456 e. The van der Waals surface area contributed by atoms with Gasteiger partial charge in [-0.05, 0) is 0 Å². The third-order valence-electron chi connectivity index (χ3n) is 1.82. The van der Waals surface area contributed by atoms with Crippen LogP contribution >= 0.6 is 0 Å². The lowest BCUT2D eigenvalue weighted by Crippen LogP contribution is -2.59. The second-order valence-corrected chi connectivity index (χ2v) is 2.66. The molecule has 0 aliphatic carbocycles. The average Bonchev–Trinajstić information content (AvgIpc) is 2.08. The highest BCUT2D eigenvalue weighted by Gasteiger charge is 2.42. The molecular formula is C6H11NO5. The van der Waals surface area contributed by atoms with Crippen molar-refractivity contribution in [2.75, 3.05) is 6.61 Å². The van der Waals surface area contributed by atoms with Crippen molar-refractivity contribution in [1.29, 1.82) is 0 Å². The Morgan fingerprint density at radius 3 is 2.50 bits per heavy atom. The molecule has 0 saturated carbocycles. The average molecular weight is 177 g/mol. The first-order valence-electron chi connectivity index (χ1n) is 3.51. The molecule has 1 aliphatic rings. The third-order valence-corrected chi connectivity index (χ3v) is 1.82. The number of rotatable bonds is 1. The highest BCUT2D eigenvalue weighted by Crippen LogP contribution is 2.14. The van der Waals surface area contributed by atoms with E-state index in [1.54, 1.807) is 0 Å². The summed E-state index contributed by atoms with van der Waals surface area (Å²) in [6.07, 6.45) is -3.77. The van der Waals surface area contributed by atoms with E-state index in [1.165, 1.54) is 0 Å². The number of nitrogens with two attached hydrogens (primary N) is 1. The van der Waals surface area contributed by atoms with Crippen LogP contribution in [-0.4, -0.2) is 52.2 Å². The van der Waals surface area contributed by atoms with Crippen molar-refractivity contribution in [2.45, 2.75) is 24.4 Å². The first kappa shape index (κ1) is 9.40. The molecule has 0 aromatic carbocycles. The number of esters is 1. The van der Waals surface area contributed by atoms with Crippen molar-refractivity contribution < 1.29 is 24.9 Å². The predicted molar refractivity (Wildman–Crippen MR) is 37.0 cm³/mol.